The molecule has 1 aliphatic rings. The summed E-state index contributed by atoms with van der Waals surface area (Å²) >= 11 is 0. The number of hydrogen-bond donors (Lipinski definition) is 1. The standard InChI is InChI=1S/C29H28N4O3/c1-29(28(35)30-18-21-9-5-3-6-10-21)20-33-26(27(34)32(29)19-22-11-7-4-8-12-22)17-25(31-33)23-13-15-24(36-2)16-14-23/h3-17H,18-20H2,1-2H3,(H,30,35)/t29-/m0/s1. The Bertz CT molecular complexity index is 1370. The van der Waals surface area contributed by atoms with Gasteiger partial charge in [-0.15, -0.1) is 0 Å². The van der Waals surface area contributed by atoms with Gasteiger partial charge >= 0.3 is 0 Å². The number of nitrogens with zero attached hydrogens (tertiary/aromatic N) is 3. The summed E-state index contributed by atoms with van der Waals surface area (Å²) in [5.74, 6) is 0.299. The van der Waals surface area contributed by atoms with Gasteiger partial charge in [0.1, 0.15) is 17.0 Å². The largest absolute Gasteiger partial charge is 0.497 e. The molecule has 4 aromatic rings. The van der Waals surface area contributed by atoms with Crippen LogP contribution in [0.1, 0.15) is 28.5 Å². The van der Waals surface area contributed by atoms with Gasteiger partial charge in [0.15, 0.2) is 0 Å². The van der Waals surface area contributed by atoms with E-state index in [9.17, 15) is 9.59 Å². The second kappa shape index (κ2) is 9.70. The first-order chi connectivity index (χ1) is 17.5. The molecule has 1 aliphatic heterocycles. The van der Waals surface area contributed by atoms with Gasteiger partial charge in [-0.3, -0.25) is 14.3 Å². The molecule has 7 heteroatoms. The number of carbonyl (C=O) groups excluding carboxylic acids is 2. The molecule has 36 heavy (non-hydrogen) atoms. The molecule has 182 valence electrons. The highest BCUT2D eigenvalue weighted by Gasteiger charge is 2.47. The van der Waals surface area contributed by atoms with Crippen LogP contribution in [0.15, 0.2) is 91.0 Å². The van der Waals surface area contributed by atoms with Crippen LogP contribution in [0.3, 0.4) is 0 Å². The number of benzene rings is 3. The van der Waals surface area contributed by atoms with E-state index in [4.69, 9.17) is 9.84 Å². The Morgan fingerprint density at radius 3 is 2.25 bits per heavy atom. The van der Waals surface area contributed by atoms with Crippen LogP contribution in [0.5, 0.6) is 5.75 Å². The molecule has 0 fully saturated rings. The molecule has 0 saturated carbocycles. The van der Waals surface area contributed by atoms with Crippen molar-refractivity contribution in [2.45, 2.75) is 32.1 Å². The Hall–Kier alpha value is -4.39. The van der Waals surface area contributed by atoms with Gasteiger partial charge in [0.05, 0.1) is 19.3 Å². The molecule has 2 heterocycles. The fourth-order valence-corrected chi connectivity index (χ4v) is 4.53. The van der Waals surface area contributed by atoms with E-state index >= 15 is 0 Å². The summed E-state index contributed by atoms with van der Waals surface area (Å²) in [4.78, 5) is 29.1. The lowest BCUT2D eigenvalue weighted by Crippen LogP contribution is -2.63. The number of hydrogen-bond acceptors (Lipinski definition) is 4. The number of nitrogens with one attached hydrogen (secondary N) is 1. The smallest absolute Gasteiger partial charge is 0.273 e. The molecule has 0 unspecified atom stereocenters. The molecule has 1 aromatic heterocycles. The molecule has 1 N–H and O–H groups in total. The van der Waals surface area contributed by atoms with E-state index in [0.29, 0.717) is 24.5 Å². The van der Waals surface area contributed by atoms with E-state index in [1.165, 1.54) is 0 Å². The monoisotopic (exact) mass is 480 g/mol. The molecule has 0 spiro atoms. The number of rotatable bonds is 7. The zero-order chi connectivity index (χ0) is 25.1. The number of carbonyl (C=O) groups is 2. The molecule has 2 amide bonds. The predicted molar refractivity (Wildman–Crippen MR) is 137 cm³/mol. The van der Waals surface area contributed by atoms with Crippen molar-refractivity contribution >= 4 is 11.8 Å². The maximum Gasteiger partial charge on any atom is 0.273 e. The zero-order valence-corrected chi connectivity index (χ0v) is 20.3. The third-order valence-corrected chi connectivity index (χ3v) is 6.65. The van der Waals surface area contributed by atoms with Gasteiger partial charge in [-0.05, 0) is 48.4 Å². The average Bonchev–Trinajstić information content (AvgIpc) is 3.34. The highest BCUT2D eigenvalue weighted by molar-refractivity contribution is 6.00. The van der Waals surface area contributed by atoms with E-state index in [2.05, 4.69) is 5.32 Å². The van der Waals surface area contributed by atoms with Crippen LogP contribution >= 0.6 is 0 Å². The van der Waals surface area contributed by atoms with Crippen LogP contribution in [0.4, 0.5) is 0 Å². The minimum Gasteiger partial charge on any atom is -0.497 e. The van der Waals surface area contributed by atoms with Crippen LogP contribution in [0.2, 0.25) is 0 Å². The first-order valence-electron chi connectivity index (χ1n) is 11.9. The number of fused-ring (bicyclic) bond motifs is 1. The van der Waals surface area contributed by atoms with Gasteiger partial charge in [0.2, 0.25) is 5.91 Å². The van der Waals surface area contributed by atoms with Gasteiger partial charge < -0.3 is 15.0 Å². The van der Waals surface area contributed by atoms with Crippen LogP contribution < -0.4 is 10.1 Å². The molecular formula is C29H28N4O3. The highest BCUT2D eigenvalue weighted by Crippen LogP contribution is 2.32. The lowest BCUT2D eigenvalue weighted by molar-refractivity contribution is -0.133. The Balaban J connectivity index is 1.48. The summed E-state index contributed by atoms with van der Waals surface area (Å²) in [6.07, 6.45) is 0. The van der Waals surface area contributed by atoms with Crippen LogP contribution in [-0.2, 0) is 24.4 Å². The Kier molecular flexibility index (Phi) is 6.29. The second-order valence-electron chi connectivity index (χ2n) is 9.12. The van der Waals surface area contributed by atoms with Gasteiger partial charge in [-0.1, -0.05) is 60.7 Å². The van der Waals surface area contributed by atoms with Crippen LogP contribution in [-0.4, -0.2) is 39.1 Å². The first kappa shape index (κ1) is 23.4. The van der Waals surface area contributed by atoms with Crippen molar-refractivity contribution < 1.29 is 14.3 Å². The summed E-state index contributed by atoms with van der Waals surface area (Å²) in [5, 5.41) is 7.75. The minimum atomic E-state index is -1.13. The first-order valence-corrected chi connectivity index (χ1v) is 11.9. The molecule has 7 nitrogen and oxygen atoms in total. The summed E-state index contributed by atoms with van der Waals surface area (Å²) in [6, 6.07) is 28.8. The van der Waals surface area contributed by atoms with E-state index in [1.807, 2.05) is 91.9 Å². The van der Waals surface area contributed by atoms with E-state index in [1.54, 1.807) is 22.8 Å². The maximum absolute atomic E-state index is 13.8. The van der Waals surface area contributed by atoms with Crippen molar-refractivity contribution in [2.75, 3.05) is 7.11 Å². The molecule has 3 aromatic carbocycles. The molecule has 0 bridgehead atoms. The van der Waals surface area contributed by atoms with Crippen molar-refractivity contribution in [1.82, 2.24) is 20.0 Å². The van der Waals surface area contributed by atoms with E-state index < -0.39 is 5.54 Å². The second-order valence-corrected chi connectivity index (χ2v) is 9.12. The molecule has 0 aliphatic carbocycles. The molecule has 1 atom stereocenters. The van der Waals surface area contributed by atoms with Crippen molar-refractivity contribution in [1.29, 1.82) is 0 Å². The number of amides is 2. The summed E-state index contributed by atoms with van der Waals surface area (Å²) in [5.41, 5.74) is 2.83. The molecule has 0 saturated heterocycles. The Morgan fingerprint density at radius 2 is 1.61 bits per heavy atom. The van der Waals surface area contributed by atoms with Crippen LogP contribution in [0, 0.1) is 0 Å². The minimum absolute atomic E-state index is 0.220. The lowest BCUT2D eigenvalue weighted by atomic mass is 9.94. The summed E-state index contributed by atoms with van der Waals surface area (Å²) in [7, 11) is 1.62. The normalized spacial score (nSPS) is 16.9. The van der Waals surface area contributed by atoms with Crippen molar-refractivity contribution in [3.8, 4) is 17.0 Å². The third-order valence-electron chi connectivity index (χ3n) is 6.65. The molecule has 0 radical (unpaired) electrons. The quantitative estimate of drug-likeness (QED) is 0.428. The summed E-state index contributed by atoms with van der Waals surface area (Å²) < 4.78 is 6.91. The maximum atomic E-state index is 13.8. The molecular weight excluding hydrogens is 452 g/mol. The number of ether oxygens (including phenoxy) is 1. The topological polar surface area (TPSA) is 76.5 Å². The summed E-state index contributed by atoms with van der Waals surface area (Å²) in [6.45, 7) is 2.76. The predicted octanol–water partition coefficient (Wildman–Crippen LogP) is 4.29. The van der Waals surface area contributed by atoms with Gasteiger partial charge in [-0.2, -0.15) is 5.10 Å². The highest BCUT2D eigenvalue weighted by atomic mass is 16.5. The number of aromatic nitrogens is 2. The van der Waals surface area contributed by atoms with Gasteiger partial charge in [0.25, 0.3) is 5.91 Å². The lowest BCUT2D eigenvalue weighted by Gasteiger charge is -2.43. The van der Waals surface area contributed by atoms with E-state index in [0.717, 1.165) is 22.4 Å². The molecule has 5 rings (SSSR count). The third kappa shape index (κ3) is 4.47. The fourth-order valence-electron chi connectivity index (χ4n) is 4.53. The fraction of sp³-hybridized carbons (Fsp3) is 0.207. The van der Waals surface area contributed by atoms with Gasteiger partial charge in [0, 0.05) is 18.7 Å². The Morgan fingerprint density at radius 1 is 0.972 bits per heavy atom. The van der Waals surface area contributed by atoms with Crippen molar-refractivity contribution in [2.24, 2.45) is 0 Å². The Labute approximate surface area is 210 Å². The van der Waals surface area contributed by atoms with Crippen LogP contribution in [0.25, 0.3) is 11.3 Å². The SMILES string of the molecule is COc1ccc(-c2cc3n(n2)C[C@@](C)(C(=O)NCc2ccccc2)N(Cc2ccccc2)C3=O)cc1. The van der Waals surface area contributed by atoms with Gasteiger partial charge in [-0.25, -0.2) is 0 Å². The van der Waals surface area contributed by atoms with Crippen molar-refractivity contribution in [3.05, 3.63) is 108 Å². The van der Waals surface area contributed by atoms with E-state index in [-0.39, 0.29) is 18.4 Å². The zero-order valence-electron chi connectivity index (χ0n) is 20.3. The van der Waals surface area contributed by atoms with Crippen molar-refractivity contribution in [3.63, 3.8) is 0 Å². The average molecular weight is 481 g/mol. The number of methoxy groups -OCH3 is 1.